The average Bonchev–Trinajstić information content (AvgIpc) is 2.47. The van der Waals surface area contributed by atoms with Crippen molar-refractivity contribution in [2.75, 3.05) is 23.8 Å². The molecule has 0 amide bonds. The molecule has 112 valence electrons. The van der Waals surface area contributed by atoms with Gasteiger partial charge in [0.2, 0.25) is 5.95 Å². The minimum absolute atomic E-state index is 0.711. The van der Waals surface area contributed by atoms with E-state index in [1.54, 1.807) is 0 Å². The van der Waals surface area contributed by atoms with Gasteiger partial charge in [0.25, 0.3) is 0 Å². The normalized spacial score (nSPS) is 10.5. The Hall–Kier alpha value is -2.10. The molecule has 0 aliphatic heterocycles. The molecule has 1 N–H and O–H groups in total. The van der Waals surface area contributed by atoms with Crippen molar-refractivity contribution >= 4 is 11.8 Å². The van der Waals surface area contributed by atoms with E-state index in [-0.39, 0.29) is 0 Å². The van der Waals surface area contributed by atoms with Crippen LogP contribution >= 0.6 is 0 Å². The molecule has 0 bridgehead atoms. The van der Waals surface area contributed by atoms with Gasteiger partial charge < -0.3 is 10.2 Å². The van der Waals surface area contributed by atoms with E-state index in [0.717, 1.165) is 31.0 Å². The molecule has 0 unspecified atom stereocenters. The molecule has 0 spiro atoms. The van der Waals surface area contributed by atoms with E-state index in [9.17, 15) is 0 Å². The summed E-state index contributed by atoms with van der Waals surface area (Å²) in [4.78, 5) is 11.2. The average molecular weight is 284 g/mol. The highest BCUT2D eigenvalue weighted by molar-refractivity contribution is 5.44. The lowest BCUT2D eigenvalue weighted by Gasteiger charge is -2.19. The maximum atomic E-state index is 4.59. The van der Waals surface area contributed by atoms with Gasteiger partial charge in [-0.2, -0.15) is 4.98 Å². The summed E-state index contributed by atoms with van der Waals surface area (Å²) in [5, 5.41) is 3.25. The number of nitrogens with zero attached hydrogens (tertiary/aromatic N) is 3. The first-order valence-corrected chi connectivity index (χ1v) is 7.44. The molecular formula is C17H24N4. The number of aromatic nitrogens is 2. The van der Waals surface area contributed by atoms with E-state index < -0.39 is 0 Å². The van der Waals surface area contributed by atoms with Crippen molar-refractivity contribution in [3.8, 4) is 0 Å². The summed E-state index contributed by atoms with van der Waals surface area (Å²) in [7, 11) is 2.06. The Balaban J connectivity index is 2.12. The minimum atomic E-state index is 0.711. The molecule has 0 radical (unpaired) electrons. The number of nitrogens with one attached hydrogen (secondary N) is 1. The molecule has 0 saturated carbocycles. The molecule has 0 aliphatic carbocycles. The predicted octanol–water partition coefficient (Wildman–Crippen LogP) is 3.55. The second-order valence-electron chi connectivity index (χ2n) is 5.46. The third-order valence-corrected chi connectivity index (χ3v) is 3.31. The van der Waals surface area contributed by atoms with Crippen LogP contribution in [-0.2, 0) is 6.54 Å². The van der Waals surface area contributed by atoms with Gasteiger partial charge in [0.1, 0.15) is 5.82 Å². The second kappa shape index (κ2) is 7.07. The molecule has 2 rings (SSSR count). The third-order valence-electron chi connectivity index (χ3n) is 3.31. The Kier molecular flexibility index (Phi) is 5.14. The van der Waals surface area contributed by atoms with Crippen LogP contribution in [0.3, 0.4) is 0 Å². The molecule has 1 heterocycles. The summed E-state index contributed by atoms with van der Waals surface area (Å²) < 4.78 is 0. The van der Waals surface area contributed by atoms with Crippen LogP contribution in [0.1, 0.15) is 30.2 Å². The van der Waals surface area contributed by atoms with Gasteiger partial charge >= 0.3 is 0 Å². The van der Waals surface area contributed by atoms with Crippen LogP contribution in [0.5, 0.6) is 0 Å². The maximum Gasteiger partial charge on any atom is 0.224 e. The zero-order valence-corrected chi connectivity index (χ0v) is 13.3. The summed E-state index contributed by atoms with van der Waals surface area (Å²) in [6, 6.07) is 10.6. The zero-order valence-electron chi connectivity index (χ0n) is 13.3. The lowest BCUT2D eigenvalue weighted by molar-refractivity contribution is 0.878. The summed E-state index contributed by atoms with van der Waals surface area (Å²) in [6.07, 6.45) is 1.06. The first kappa shape index (κ1) is 15.3. The molecule has 2 aromatic rings. The van der Waals surface area contributed by atoms with E-state index in [0.29, 0.717) is 5.95 Å². The van der Waals surface area contributed by atoms with Gasteiger partial charge in [-0.3, -0.25) is 0 Å². The molecule has 4 heteroatoms. The molecular weight excluding hydrogens is 260 g/mol. The second-order valence-corrected chi connectivity index (χ2v) is 5.46. The van der Waals surface area contributed by atoms with E-state index in [4.69, 9.17) is 0 Å². The summed E-state index contributed by atoms with van der Waals surface area (Å²) in [6.45, 7) is 7.97. The van der Waals surface area contributed by atoms with Gasteiger partial charge in [-0.15, -0.1) is 0 Å². The Morgan fingerprint density at radius 1 is 1.10 bits per heavy atom. The minimum Gasteiger partial charge on any atom is -0.355 e. The quantitative estimate of drug-likeness (QED) is 0.880. The monoisotopic (exact) mass is 284 g/mol. The van der Waals surface area contributed by atoms with E-state index in [2.05, 4.69) is 65.3 Å². The van der Waals surface area contributed by atoms with Gasteiger partial charge in [-0.1, -0.05) is 36.8 Å². The number of anilines is 2. The molecule has 0 saturated heterocycles. The van der Waals surface area contributed by atoms with Crippen molar-refractivity contribution in [2.24, 2.45) is 0 Å². The highest BCUT2D eigenvalue weighted by Gasteiger charge is 2.07. The molecule has 21 heavy (non-hydrogen) atoms. The Morgan fingerprint density at radius 2 is 1.81 bits per heavy atom. The van der Waals surface area contributed by atoms with Gasteiger partial charge in [0.05, 0.1) is 0 Å². The lowest BCUT2D eigenvalue weighted by atomic mass is 10.1. The molecule has 0 fully saturated rings. The standard InChI is InChI=1S/C17H24N4/c1-5-10-18-17-19-14(3)11-16(20-17)21(4)12-15-8-6-13(2)7-9-15/h6-9,11H,5,10,12H2,1-4H3,(H,18,19,20). The molecule has 0 aliphatic rings. The number of hydrogen-bond donors (Lipinski definition) is 1. The number of hydrogen-bond acceptors (Lipinski definition) is 4. The zero-order chi connectivity index (χ0) is 15.2. The Bertz CT molecular complexity index is 578. The van der Waals surface area contributed by atoms with Gasteiger partial charge in [0.15, 0.2) is 0 Å². The number of aryl methyl sites for hydroxylation is 2. The fourth-order valence-corrected chi connectivity index (χ4v) is 2.11. The Labute approximate surface area is 127 Å². The maximum absolute atomic E-state index is 4.59. The smallest absolute Gasteiger partial charge is 0.224 e. The molecule has 4 nitrogen and oxygen atoms in total. The fourth-order valence-electron chi connectivity index (χ4n) is 2.11. The summed E-state index contributed by atoms with van der Waals surface area (Å²) >= 11 is 0. The largest absolute Gasteiger partial charge is 0.355 e. The van der Waals surface area contributed by atoms with Gasteiger partial charge in [0, 0.05) is 31.9 Å². The van der Waals surface area contributed by atoms with Crippen molar-refractivity contribution < 1.29 is 0 Å². The van der Waals surface area contributed by atoms with Crippen LogP contribution in [0.2, 0.25) is 0 Å². The topological polar surface area (TPSA) is 41.1 Å². The third kappa shape index (κ3) is 4.45. The van der Waals surface area contributed by atoms with Crippen LogP contribution < -0.4 is 10.2 Å². The highest BCUT2D eigenvalue weighted by atomic mass is 15.2. The van der Waals surface area contributed by atoms with E-state index >= 15 is 0 Å². The molecule has 1 aromatic carbocycles. The van der Waals surface area contributed by atoms with Crippen molar-refractivity contribution in [3.63, 3.8) is 0 Å². The first-order chi connectivity index (χ1) is 10.1. The number of benzene rings is 1. The van der Waals surface area contributed by atoms with Crippen molar-refractivity contribution in [1.82, 2.24) is 9.97 Å². The first-order valence-electron chi connectivity index (χ1n) is 7.44. The Morgan fingerprint density at radius 3 is 2.48 bits per heavy atom. The van der Waals surface area contributed by atoms with Crippen molar-refractivity contribution in [3.05, 3.63) is 47.2 Å². The van der Waals surface area contributed by atoms with Crippen LogP contribution in [0.4, 0.5) is 11.8 Å². The van der Waals surface area contributed by atoms with E-state index in [1.165, 1.54) is 11.1 Å². The van der Waals surface area contributed by atoms with Crippen LogP contribution in [0, 0.1) is 13.8 Å². The predicted molar refractivity (Wildman–Crippen MR) is 88.8 cm³/mol. The summed E-state index contributed by atoms with van der Waals surface area (Å²) in [5.41, 5.74) is 3.54. The van der Waals surface area contributed by atoms with Gasteiger partial charge in [-0.25, -0.2) is 4.98 Å². The number of rotatable bonds is 6. The van der Waals surface area contributed by atoms with Crippen molar-refractivity contribution in [1.29, 1.82) is 0 Å². The molecule has 1 aromatic heterocycles. The van der Waals surface area contributed by atoms with Crippen LogP contribution in [-0.4, -0.2) is 23.6 Å². The fraction of sp³-hybridized carbons (Fsp3) is 0.412. The van der Waals surface area contributed by atoms with E-state index in [1.807, 2.05) is 13.0 Å². The summed E-state index contributed by atoms with van der Waals surface area (Å²) in [5.74, 6) is 1.66. The van der Waals surface area contributed by atoms with Crippen LogP contribution in [0.15, 0.2) is 30.3 Å². The van der Waals surface area contributed by atoms with Crippen LogP contribution in [0.25, 0.3) is 0 Å². The molecule has 0 atom stereocenters. The highest BCUT2D eigenvalue weighted by Crippen LogP contribution is 2.16. The SMILES string of the molecule is CCCNc1nc(C)cc(N(C)Cc2ccc(C)cc2)n1. The lowest BCUT2D eigenvalue weighted by Crippen LogP contribution is -2.19. The van der Waals surface area contributed by atoms with Crippen molar-refractivity contribution in [2.45, 2.75) is 33.7 Å². The van der Waals surface area contributed by atoms with Gasteiger partial charge in [-0.05, 0) is 25.8 Å².